The van der Waals surface area contributed by atoms with Crippen molar-refractivity contribution in [3.05, 3.63) is 58.9 Å². The van der Waals surface area contributed by atoms with Crippen molar-refractivity contribution >= 4 is 33.2 Å². The number of hydrogen-bond donors (Lipinski definition) is 1. The van der Waals surface area contributed by atoms with Crippen LogP contribution in [0.3, 0.4) is 0 Å². The molecule has 1 heterocycles. The van der Waals surface area contributed by atoms with Crippen molar-refractivity contribution in [3.63, 3.8) is 0 Å². The molecule has 0 radical (unpaired) electrons. The molecule has 144 valence electrons. The first-order chi connectivity index (χ1) is 12.8. The molecule has 0 unspecified atom stereocenters. The van der Waals surface area contributed by atoms with Crippen molar-refractivity contribution in [1.29, 1.82) is 0 Å². The van der Waals surface area contributed by atoms with E-state index in [9.17, 15) is 17.6 Å². The highest BCUT2D eigenvalue weighted by molar-refractivity contribution is 7.89. The first kappa shape index (κ1) is 19.8. The lowest BCUT2D eigenvalue weighted by atomic mass is 9.97. The highest BCUT2D eigenvalue weighted by atomic mass is 35.5. The summed E-state index contributed by atoms with van der Waals surface area (Å²) in [6.45, 7) is 2.37. The fraction of sp³-hybridized carbons (Fsp3) is 0.316. The minimum absolute atomic E-state index is 0.0566. The quantitative estimate of drug-likeness (QED) is 0.833. The Morgan fingerprint density at radius 1 is 1.15 bits per heavy atom. The van der Waals surface area contributed by atoms with E-state index < -0.39 is 15.8 Å². The molecule has 3 rings (SSSR count). The van der Waals surface area contributed by atoms with Gasteiger partial charge in [0.25, 0.3) is 0 Å². The number of sulfonamides is 1. The van der Waals surface area contributed by atoms with E-state index in [0.29, 0.717) is 23.6 Å². The minimum atomic E-state index is -3.68. The van der Waals surface area contributed by atoms with E-state index in [0.717, 1.165) is 17.7 Å². The van der Waals surface area contributed by atoms with Crippen LogP contribution in [0.15, 0.2) is 47.4 Å². The molecule has 27 heavy (non-hydrogen) atoms. The number of amides is 1. The number of hydrogen-bond acceptors (Lipinski definition) is 3. The Kier molecular flexibility index (Phi) is 5.83. The van der Waals surface area contributed by atoms with E-state index in [-0.39, 0.29) is 29.8 Å². The Hall–Kier alpha value is -1.96. The molecule has 1 saturated heterocycles. The maximum atomic E-state index is 13.0. The third-order valence-corrected chi connectivity index (χ3v) is 7.04. The smallest absolute Gasteiger partial charge is 0.243 e. The fourth-order valence-electron chi connectivity index (χ4n) is 3.03. The molecule has 1 aliphatic rings. The molecule has 1 N–H and O–H groups in total. The number of rotatable bonds is 4. The number of aryl methyl sites for hydroxylation is 1. The van der Waals surface area contributed by atoms with Gasteiger partial charge in [-0.3, -0.25) is 4.79 Å². The van der Waals surface area contributed by atoms with Crippen LogP contribution in [0.25, 0.3) is 0 Å². The summed E-state index contributed by atoms with van der Waals surface area (Å²) in [5.74, 6) is -0.904. The van der Waals surface area contributed by atoms with E-state index in [4.69, 9.17) is 11.6 Å². The summed E-state index contributed by atoms with van der Waals surface area (Å²) in [6, 6.07) is 10.1. The van der Waals surface area contributed by atoms with Gasteiger partial charge in [-0.15, -0.1) is 0 Å². The van der Waals surface area contributed by atoms with Crippen molar-refractivity contribution in [2.45, 2.75) is 24.7 Å². The van der Waals surface area contributed by atoms with Gasteiger partial charge in [0.1, 0.15) is 5.82 Å². The second-order valence-corrected chi connectivity index (χ2v) is 8.93. The molecular formula is C19H20ClFN2O3S. The van der Waals surface area contributed by atoms with E-state index in [1.165, 1.54) is 16.4 Å². The van der Waals surface area contributed by atoms with Gasteiger partial charge in [0.2, 0.25) is 15.9 Å². The molecule has 0 bridgehead atoms. The molecule has 1 amide bonds. The number of benzene rings is 2. The second-order valence-electron chi connectivity index (χ2n) is 6.59. The largest absolute Gasteiger partial charge is 0.326 e. The monoisotopic (exact) mass is 410 g/mol. The van der Waals surface area contributed by atoms with Gasteiger partial charge >= 0.3 is 0 Å². The molecule has 1 aliphatic heterocycles. The summed E-state index contributed by atoms with van der Waals surface area (Å²) in [6.07, 6.45) is 0.845. The molecular weight excluding hydrogens is 391 g/mol. The Bertz CT molecular complexity index is 940. The number of halogens is 2. The molecule has 1 fully saturated rings. The van der Waals surface area contributed by atoms with E-state index >= 15 is 0 Å². The average molecular weight is 411 g/mol. The Morgan fingerprint density at radius 3 is 2.37 bits per heavy atom. The van der Waals surface area contributed by atoms with Gasteiger partial charge in [0, 0.05) is 29.7 Å². The fourth-order valence-corrected chi connectivity index (χ4v) is 4.68. The van der Waals surface area contributed by atoms with Crippen molar-refractivity contribution in [3.8, 4) is 0 Å². The first-order valence-electron chi connectivity index (χ1n) is 8.60. The van der Waals surface area contributed by atoms with Crippen molar-refractivity contribution in [1.82, 2.24) is 4.31 Å². The van der Waals surface area contributed by atoms with Crippen LogP contribution in [-0.4, -0.2) is 31.7 Å². The average Bonchev–Trinajstić information content (AvgIpc) is 2.65. The zero-order chi connectivity index (χ0) is 19.6. The molecule has 8 heteroatoms. The summed E-state index contributed by atoms with van der Waals surface area (Å²) in [4.78, 5) is 12.5. The zero-order valence-corrected chi connectivity index (χ0v) is 16.4. The molecule has 0 spiro atoms. The lowest BCUT2D eigenvalue weighted by Crippen LogP contribution is -2.41. The maximum absolute atomic E-state index is 13.0. The van der Waals surface area contributed by atoms with Crippen LogP contribution in [0.2, 0.25) is 5.02 Å². The van der Waals surface area contributed by atoms with E-state index in [2.05, 4.69) is 5.32 Å². The van der Waals surface area contributed by atoms with Gasteiger partial charge in [-0.05, 0) is 61.7 Å². The molecule has 2 aromatic carbocycles. The third-order valence-electron chi connectivity index (χ3n) is 4.72. The van der Waals surface area contributed by atoms with Crippen LogP contribution in [-0.2, 0) is 14.8 Å². The van der Waals surface area contributed by atoms with E-state index in [1.807, 2.05) is 13.0 Å². The lowest BCUT2D eigenvalue weighted by molar-refractivity contribution is -0.120. The predicted molar refractivity (Wildman–Crippen MR) is 103 cm³/mol. The van der Waals surface area contributed by atoms with Gasteiger partial charge in [-0.1, -0.05) is 17.7 Å². The normalized spacial score (nSPS) is 16.3. The molecule has 2 aromatic rings. The summed E-state index contributed by atoms with van der Waals surface area (Å²) < 4.78 is 39.6. The summed E-state index contributed by atoms with van der Waals surface area (Å²) >= 11 is 6.07. The van der Waals surface area contributed by atoms with Gasteiger partial charge in [0.15, 0.2) is 0 Å². The van der Waals surface area contributed by atoms with Crippen LogP contribution in [0, 0.1) is 18.7 Å². The van der Waals surface area contributed by atoms with E-state index in [1.54, 1.807) is 12.1 Å². The Balaban J connectivity index is 1.61. The maximum Gasteiger partial charge on any atom is 0.243 e. The number of carbonyl (C=O) groups excluding carboxylic acids is 1. The minimum Gasteiger partial charge on any atom is -0.326 e. The van der Waals surface area contributed by atoms with Gasteiger partial charge in [-0.25, -0.2) is 12.8 Å². The standard InChI is InChI=1S/C19H20ClFN2O3S/c1-13-2-5-16(12-18(13)20)22-19(24)14-8-10-23(11-9-14)27(25,26)17-6-3-15(21)4-7-17/h2-7,12,14H,8-11H2,1H3,(H,22,24). The van der Waals surface area contributed by atoms with Gasteiger partial charge < -0.3 is 5.32 Å². The molecule has 0 atom stereocenters. The number of nitrogens with one attached hydrogen (secondary N) is 1. The lowest BCUT2D eigenvalue weighted by Gasteiger charge is -2.30. The second kappa shape index (κ2) is 7.96. The molecule has 0 aromatic heterocycles. The van der Waals surface area contributed by atoms with Crippen LogP contribution in [0.5, 0.6) is 0 Å². The van der Waals surface area contributed by atoms with Gasteiger partial charge in [0.05, 0.1) is 4.90 Å². The van der Waals surface area contributed by atoms with Crippen LogP contribution >= 0.6 is 11.6 Å². The van der Waals surface area contributed by atoms with Crippen molar-refractivity contribution < 1.29 is 17.6 Å². The number of anilines is 1. The Morgan fingerprint density at radius 2 is 1.78 bits per heavy atom. The number of nitrogens with zero attached hydrogens (tertiary/aromatic N) is 1. The predicted octanol–water partition coefficient (Wildman–Crippen LogP) is 3.83. The highest BCUT2D eigenvalue weighted by Gasteiger charge is 2.32. The van der Waals surface area contributed by atoms with Crippen LogP contribution < -0.4 is 5.32 Å². The number of carbonyl (C=O) groups is 1. The third kappa shape index (κ3) is 4.48. The molecule has 0 aliphatic carbocycles. The highest BCUT2D eigenvalue weighted by Crippen LogP contribution is 2.26. The molecule has 0 saturated carbocycles. The molecule has 5 nitrogen and oxygen atoms in total. The zero-order valence-electron chi connectivity index (χ0n) is 14.8. The topological polar surface area (TPSA) is 66.5 Å². The first-order valence-corrected chi connectivity index (χ1v) is 10.4. The number of piperidine rings is 1. The van der Waals surface area contributed by atoms with Gasteiger partial charge in [-0.2, -0.15) is 4.31 Å². The van der Waals surface area contributed by atoms with Crippen LogP contribution in [0.4, 0.5) is 10.1 Å². The summed E-state index contributed by atoms with van der Waals surface area (Å²) in [7, 11) is -3.68. The van der Waals surface area contributed by atoms with Crippen molar-refractivity contribution in [2.24, 2.45) is 5.92 Å². The summed E-state index contributed by atoms with van der Waals surface area (Å²) in [5, 5.41) is 3.42. The SMILES string of the molecule is Cc1ccc(NC(=O)C2CCN(S(=O)(=O)c3ccc(F)cc3)CC2)cc1Cl. The summed E-state index contributed by atoms with van der Waals surface area (Å²) in [5.41, 5.74) is 1.55. The Labute approximate surface area is 163 Å². The van der Waals surface area contributed by atoms with Crippen molar-refractivity contribution in [2.75, 3.05) is 18.4 Å². The van der Waals surface area contributed by atoms with Crippen LogP contribution in [0.1, 0.15) is 18.4 Å².